The number of hydrogen-bond acceptors (Lipinski definition) is 6. The fraction of sp³-hybridized carbons (Fsp3) is 0.167. The number of aryl methyl sites for hydroxylation is 1. The Kier molecular flexibility index (Phi) is 7.14. The fourth-order valence-corrected chi connectivity index (χ4v) is 5.33. The largest absolute Gasteiger partial charge is 0.326 e. The molecule has 2 heterocycles. The lowest BCUT2D eigenvalue weighted by Crippen LogP contribution is -2.33. The van der Waals surface area contributed by atoms with E-state index in [0.29, 0.717) is 33.7 Å². The molecule has 33 heavy (non-hydrogen) atoms. The molecule has 1 aliphatic rings. The summed E-state index contributed by atoms with van der Waals surface area (Å²) in [6, 6.07) is 14.1. The number of carbonyl (C=O) groups is 2. The first-order chi connectivity index (χ1) is 15.9. The highest BCUT2D eigenvalue weighted by atomic mass is 35.5. The lowest BCUT2D eigenvalue weighted by Gasteiger charge is -2.16. The molecule has 4 rings (SSSR count). The molecule has 1 N–H and O–H groups in total. The fourth-order valence-electron chi connectivity index (χ4n) is 3.21. The molecule has 9 heteroatoms. The predicted octanol–water partition coefficient (Wildman–Crippen LogP) is 5.25. The van der Waals surface area contributed by atoms with E-state index in [1.54, 1.807) is 40.7 Å². The molecule has 1 aliphatic heterocycles. The molecule has 2 amide bonds. The van der Waals surface area contributed by atoms with Gasteiger partial charge in [0.2, 0.25) is 11.8 Å². The third kappa shape index (κ3) is 5.63. The Bertz CT molecular complexity index is 1280. The van der Waals surface area contributed by atoms with Crippen molar-refractivity contribution in [1.29, 1.82) is 0 Å². The minimum Gasteiger partial charge on any atom is -0.326 e. The lowest BCUT2D eigenvalue weighted by molar-refractivity contribution is -0.128. The maximum absolute atomic E-state index is 13.3. The van der Waals surface area contributed by atoms with Gasteiger partial charge in [-0.2, -0.15) is 0 Å². The van der Waals surface area contributed by atoms with Gasteiger partial charge in [0.1, 0.15) is 5.25 Å². The first kappa shape index (κ1) is 23.1. The number of terminal acetylenes is 1. The molecule has 1 atom stereocenters. The highest BCUT2D eigenvalue weighted by molar-refractivity contribution is 8.15. The smallest absolute Gasteiger partial charge is 0.243 e. The number of nitrogens with zero attached hydrogens (tertiary/aromatic N) is 3. The van der Waals surface area contributed by atoms with Crippen molar-refractivity contribution in [2.24, 2.45) is 4.99 Å². The van der Waals surface area contributed by atoms with Crippen molar-refractivity contribution in [3.05, 3.63) is 75.2 Å². The number of halogens is 1. The maximum Gasteiger partial charge on any atom is 0.243 e. The number of aromatic nitrogens is 1. The SMILES string of the molecule is C#Cc1cccc(N=C2S[C@@H](CC(=O)Nc3cccc(Cl)c3)C(=O)N2Cc2scnc2C)c1. The maximum atomic E-state index is 13.3. The van der Waals surface area contributed by atoms with Crippen LogP contribution in [0.25, 0.3) is 0 Å². The van der Waals surface area contributed by atoms with Crippen LogP contribution in [0.2, 0.25) is 5.02 Å². The van der Waals surface area contributed by atoms with Crippen molar-refractivity contribution in [2.75, 3.05) is 5.32 Å². The van der Waals surface area contributed by atoms with Crippen LogP contribution in [0.1, 0.15) is 22.6 Å². The number of benzene rings is 2. The molecule has 0 bridgehead atoms. The molecule has 0 radical (unpaired) electrons. The summed E-state index contributed by atoms with van der Waals surface area (Å²) in [6.45, 7) is 2.26. The summed E-state index contributed by atoms with van der Waals surface area (Å²) in [5, 5.41) is 3.26. The van der Waals surface area contributed by atoms with Crippen LogP contribution in [0.4, 0.5) is 11.4 Å². The van der Waals surface area contributed by atoms with Crippen LogP contribution in [-0.4, -0.2) is 32.1 Å². The van der Waals surface area contributed by atoms with Gasteiger partial charge < -0.3 is 5.32 Å². The van der Waals surface area contributed by atoms with E-state index in [-0.39, 0.29) is 18.2 Å². The van der Waals surface area contributed by atoms with Gasteiger partial charge in [-0.05, 0) is 43.3 Å². The third-order valence-electron chi connectivity index (χ3n) is 4.88. The molecule has 2 aromatic carbocycles. The summed E-state index contributed by atoms with van der Waals surface area (Å²) in [5.74, 6) is 2.16. The van der Waals surface area contributed by atoms with Gasteiger partial charge in [0.25, 0.3) is 0 Å². The van der Waals surface area contributed by atoms with Gasteiger partial charge in [0.15, 0.2) is 5.17 Å². The minimum absolute atomic E-state index is 0.0115. The second-order valence-electron chi connectivity index (χ2n) is 7.24. The predicted molar refractivity (Wildman–Crippen MR) is 135 cm³/mol. The number of amides is 2. The second kappa shape index (κ2) is 10.2. The van der Waals surface area contributed by atoms with Crippen molar-refractivity contribution >= 4 is 63.1 Å². The van der Waals surface area contributed by atoms with Crippen molar-refractivity contribution in [2.45, 2.75) is 25.1 Å². The van der Waals surface area contributed by atoms with Crippen LogP contribution in [0.15, 0.2) is 59.0 Å². The second-order valence-corrected chi connectivity index (χ2v) is 9.79. The van der Waals surface area contributed by atoms with Gasteiger partial charge in [-0.3, -0.25) is 14.5 Å². The van der Waals surface area contributed by atoms with Crippen molar-refractivity contribution in [3.8, 4) is 12.3 Å². The molecule has 0 saturated carbocycles. The summed E-state index contributed by atoms with van der Waals surface area (Å²) in [4.78, 5) is 37.5. The zero-order valence-corrected chi connectivity index (χ0v) is 20.0. The van der Waals surface area contributed by atoms with Gasteiger partial charge in [-0.15, -0.1) is 17.8 Å². The van der Waals surface area contributed by atoms with Gasteiger partial charge in [-0.25, -0.2) is 9.98 Å². The van der Waals surface area contributed by atoms with E-state index < -0.39 is 5.25 Å². The Morgan fingerprint density at radius 2 is 2.12 bits per heavy atom. The number of rotatable bonds is 6. The minimum atomic E-state index is -0.591. The monoisotopic (exact) mass is 494 g/mol. The number of thioether (sulfide) groups is 1. The zero-order chi connectivity index (χ0) is 23.4. The Morgan fingerprint density at radius 3 is 2.85 bits per heavy atom. The summed E-state index contributed by atoms with van der Waals surface area (Å²) in [6.07, 6.45) is 5.52. The van der Waals surface area contributed by atoms with Crippen LogP contribution >= 0.6 is 34.7 Å². The quantitative estimate of drug-likeness (QED) is 0.475. The van der Waals surface area contributed by atoms with Gasteiger partial charge in [0.05, 0.1) is 23.4 Å². The van der Waals surface area contributed by atoms with E-state index in [9.17, 15) is 9.59 Å². The van der Waals surface area contributed by atoms with Crippen LogP contribution in [0.5, 0.6) is 0 Å². The Balaban J connectivity index is 1.57. The van der Waals surface area contributed by atoms with Crippen molar-refractivity contribution < 1.29 is 9.59 Å². The van der Waals surface area contributed by atoms with Crippen molar-refractivity contribution in [3.63, 3.8) is 0 Å². The Labute approximate surface area is 205 Å². The van der Waals surface area contributed by atoms with E-state index in [1.165, 1.54) is 23.1 Å². The highest BCUT2D eigenvalue weighted by Crippen LogP contribution is 2.34. The van der Waals surface area contributed by atoms with Gasteiger partial charge in [-0.1, -0.05) is 41.4 Å². The van der Waals surface area contributed by atoms with E-state index >= 15 is 0 Å². The zero-order valence-electron chi connectivity index (χ0n) is 17.6. The first-order valence-electron chi connectivity index (χ1n) is 10.0. The number of thiazole rings is 1. The van der Waals surface area contributed by atoms with Crippen LogP contribution in [0.3, 0.4) is 0 Å². The molecule has 6 nitrogen and oxygen atoms in total. The molecule has 1 aromatic heterocycles. The van der Waals surface area contributed by atoms with E-state index in [1.807, 2.05) is 25.1 Å². The molecule has 3 aromatic rings. The van der Waals surface area contributed by atoms with E-state index in [4.69, 9.17) is 18.0 Å². The molecule has 166 valence electrons. The van der Waals surface area contributed by atoms with Crippen LogP contribution < -0.4 is 5.32 Å². The number of nitrogens with one attached hydrogen (secondary N) is 1. The van der Waals surface area contributed by atoms with Crippen molar-refractivity contribution in [1.82, 2.24) is 9.88 Å². The van der Waals surface area contributed by atoms with Crippen LogP contribution in [0, 0.1) is 19.3 Å². The highest BCUT2D eigenvalue weighted by Gasteiger charge is 2.39. The summed E-state index contributed by atoms with van der Waals surface area (Å²) in [7, 11) is 0. The number of amidine groups is 1. The van der Waals surface area contributed by atoms with E-state index in [2.05, 4.69) is 21.2 Å². The number of aliphatic imine (C=N–C) groups is 1. The Morgan fingerprint density at radius 1 is 1.30 bits per heavy atom. The first-order valence-corrected chi connectivity index (χ1v) is 12.1. The normalized spacial score (nSPS) is 16.8. The third-order valence-corrected chi connectivity index (χ3v) is 7.21. The summed E-state index contributed by atoms with van der Waals surface area (Å²) < 4.78 is 0. The number of anilines is 1. The molecular weight excluding hydrogens is 476 g/mol. The molecule has 0 spiro atoms. The lowest BCUT2D eigenvalue weighted by atomic mass is 10.2. The molecule has 1 fully saturated rings. The molecular formula is C24H19ClN4O2S2. The average molecular weight is 495 g/mol. The molecule has 0 aliphatic carbocycles. The topological polar surface area (TPSA) is 74.7 Å². The number of hydrogen-bond donors (Lipinski definition) is 1. The Hall–Kier alpha value is -3.12. The van der Waals surface area contributed by atoms with Gasteiger partial charge >= 0.3 is 0 Å². The molecule has 0 unspecified atom stereocenters. The standard InChI is InChI=1S/C24H19ClN4O2S2/c1-3-16-6-4-8-18(10-16)28-24-29(13-21-15(2)26-14-32-21)23(31)20(33-24)12-22(30)27-19-9-5-7-17(25)11-19/h1,4-11,14,20H,12-13H2,2H3,(H,27,30)/t20-/m0/s1. The van der Waals surface area contributed by atoms with E-state index in [0.717, 1.165) is 10.6 Å². The number of carbonyl (C=O) groups excluding carboxylic acids is 2. The summed E-state index contributed by atoms with van der Waals surface area (Å²) >= 11 is 8.75. The average Bonchev–Trinajstić information content (AvgIpc) is 3.32. The molecule has 1 saturated heterocycles. The van der Waals surface area contributed by atoms with Gasteiger partial charge in [0, 0.05) is 27.6 Å². The summed E-state index contributed by atoms with van der Waals surface area (Å²) in [5.41, 5.74) is 4.56. The van der Waals surface area contributed by atoms with Crippen LogP contribution in [-0.2, 0) is 16.1 Å².